The summed E-state index contributed by atoms with van der Waals surface area (Å²) < 4.78 is 11.5. The van der Waals surface area contributed by atoms with E-state index in [4.69, 9.17) is 21.1 Å². The minimum absolute atomic E-state index is 0. The van der Waals surface area contributed by atoms with Gasteiger partial charge in [-0.05, 0) is 62.4 Å². The van der Waals surface area contributed by atoms with Gasteiger partial charge in [0.1, 0.15) is 5.60 Å². The van der Waals surface area contributed by atoms with Crippen molar-refractivity contribution < 1.29 is 14.3 Å². The van der Waals surface area contributed by atoms with Gasteiger partial charge in [0, 0.05) is 31.6 Å². The molecular weight excluding hydrogens is 409 g/mol. The molecule has 1 aliphatic rings. The third-order valence-electron chi connectivity index (χ3n) is 5.44. The second-order valence-corrected chi connectivity index (χ2v) is 9.13. The van der Waals surface area contributed by atoms with Gasteiger partial charge in [-0.25, -0.2) is 4.79 Å². The summed E-state index contributed by atoms with van der Waals surface area (Å²) in [6, 6.07) is 16.3. The van der Waals surface area contributed by atoms with Crippen LogP contribution in [0.4, 0.5) is 4.79 Å². The summed E-state index contributed by atoms with van der Waals surface area (Å²) in [5, 5.41) is 0.731. The van der Waals surface area contributed by atoms with Crippen molar-refractivity contribution in [3.8, 4) is 11.1 Å². The van der Waals surface area contributed by atoms with Crippen LogP contribution in [-0.4, -0.2) is 72.0 Å². The van der Waals surface area contributed by atoms with Crippen molar-refractivity contribution >= 4 is 47.3 Å². The van der Waals surface area contributed by atoms with Gasteiger partial charge in [-0.2, -0.15) is 0 Å². The molecule has 4 nitrogen and oxygen atoms in total. The van der Waals surface area contributed by atoms with Gasteiger partial charge >= 0.3 is 35.7 Å². The molecule has 0 bridgehead atoms. The third-order valence-corrected chi connectivity index (χ3v) is 5.70. The number of methoxy groups -OCH3 is 1. The first kappa shape index (κ1) is 25.2. The number of nitrogens with zero attached hydrogens (tertiary/aromatic N) is 1. The molecule has 6 heteroatoms. The molecular formula is C24H31ClNNaO3. The predicted molar refractivity (Wildman–Crippen MR) is 125 cm³/mol. The van der Waals surface area contributed by atoms with Crippen molar-refractivity contribution in [3.63, 3.8) is 0 Å². The Morgan fingerprint density at radius 3 is 2.23 bits per heavy atom. The Balaban J connectivity index is 0.00000320. The number of benzene rings is 2. The first-order chi connectivity index (χ1) is 13.7. The molecule has 1 heterocycles. The van der Waals surface area contributed by atoms with Gasteiger partial charge < -0.3 is 14.4 Å². The number of piperidine rings is 1. The number of hydrogen-bond acceptors (Lipinski definition) is 3. The molecule has 0 radical (unpaired) electrons. The maximum atomic E-state index is 12.4. The molecule has 158 valence electrons. The van der Waals surface area contributed by atoms with Crippen molar-refractivity contribution in [2.75, 3.05) is 20.2 Å². The van der Waals surface area contributed by atoms with E-state index >= 15 is 0 Å². The van der Waals surface area contributed by atoms with E-state index in [0.29, 0.717) is 13.1 Å². The summed E-state index contributed by atoms with van der Waals surface area (Å²) in [7, 11) is 1.77. The van der Waals surface area contributed by atoms with Crippen LogP contribution in [0, 0.1) is 0 Å². The molecule has 3 rings (SSSR count). The molecule has 0 unspecified atom stereocenters. The molecule has 30 heavy (non-hydrogen) atoms. The second-order valence-electron chi connectivity index (χ2n) is 8.70. The Bertz CT molecular complexity index is 840. The van der Waals surface area contributed by atoms with Crippen LogP contribution in [0.15, 0.2) is 48.5 Å². The molecule has 2 aromatic carbocycles. The zero-order chi connectivity index (χ0) is 21.1. The number of hydrogen-bond donors (Lipinski definition) is 0. The standard InChI is InChI=1S/C24H30ClNO3.Na.H/c1-23(2,3)29-22(27)26-15-13-24(28-4,14-16-26)17-19-7-5-6-8-21(19)18-9-11-20(25)12-10-18;;/h5-12H,13-17H2,1-4H3;;. The molecule has 0 atom stereocenters. The zero-order valence-corrected chi connectivity index (χ0v) is 18.5. The average molecular weight is 440 g/mol. The molecule has 0 aromatic heterocycles. The number of carbonyl (C=O) groups is 1. The number of carbonyl (C=O) groups excluding carboxylic acids is 1. The van der Waals surface area contributed by atoms with Crippen LogP contribution in [0.25, 0.3) is 11.1 Å². The van der Waals surface area contributed by atoms with Crippen LogP contribution >= 0.6 is 11.6 Å². The van der Waals surface area contributed by atoms with Crippen LogP contribution < -0.4 is 0 Å². The third kappa shape index (κ3) is 6.48. The van der Waals surface area contributed by atoms with Crippen molar-refractivity contribution in [1.82, 2.24) is 4.90 Å². The van der Waals surface area contributed by atoms with E-state index in [1.807, 2.05) is 45.0 Å². The van der Waals surface area contributed by atoms with Crippen LogP contribution in [0.5, 0.6) is 0 Å². The van der Waals surface area contributed by atoms with E-state index in [0.717, 1.165) is 29.8 Å². The van der Waals surface area contributed by atoms with Gasteiger partial charge in [0.25, 0.3) is 0 Å². The second kappa shape index (κ2) is 10.5. The monoisotopic (exact) mass is 439 g/mol. The molecule has 1 saturated heterocycles. The Morgan fingerprint density at radius 1 is 1.07 bits per heavy atom. The van der Waals surface area contributed by atoms with Gasteiger partial charge in [0.2, 0.25) is 0 Å². The topological polar surface area (TPSA) is 38.8 Å². The summed E-state index contributed by atoms with van der Waals surface area (Å²) in [6.07, 6.45) is 2.10. The van der Waals surface area contributed by atoms with Crippen molar-refractivity contribution in [3.05, 3.63) is 59.1 Å². The summed E-state index contributed by atoms with van der Waals surface area (Å²) in [6.45, 7) is 6.93. The van der Waals surface area contributed by atoms with Crippen molar-refractivity contribution in [1.29, 1.82) is 0 Å². The van der Waals surface area contributed by atoms with Crippen LogP contribution in [0.2, 0.25) is 5.02 Å². The van der Waals surface area contributed by atoms with Gasteiger partial charge in [-0.15, -0.1) is 0 Å². The van der Waals surface area contributed by atoms with Gasteiger partial charge in [0.05, 0.1) is 5.60 Å². The molecule has 0 N–H and O–H groups in total. The first-order valence-electron chi connectivity index (χ1n) is 10.1. The number of rotatable bonds is 4. The van der Waals surface area contributed by atoms with E-state index in [-0.39, 0.29) is 41.3 Å². The quantitative estimate of drug-likeness (QED) is 0.605. The SMILES string of the molecule is COC1(Cc2ccccc2-c2ccc(Cl)cc2)CCN(C(=O)OC(C)(C)C)CC1.[NaH]. The van der Waals surface area contributed by atoms with Gasteiger partial charge in [-0.3, -0.25) is 0 Å². The Labute approximate surface area is 207 Å². The predicted octanol–water partition coefficient (Wildman–Crippen LogP) is 5.32. The van der Waals surface area contributed by atoms with E-state index in [9.17, 15) is 4.79 Å². The maximum absolute atomic E-state index is 12.4. The van der Waals surface area contributed by atoms with Gasteiger partial charge in [-0.1, -0.05) is 48.0 Å². The van der Waals surface area contributed by atoms with Crippen molar-refractivity contribution in [2.45, 2.75) is 51.2 Å². The molecule has 0 spiro atoms. The summed E-state index contributed by atoms with van der Waals surface area (Å²) in [5.41, 5.74) is 2.80. The zero-order valence-electron chi connectivity index (χ0n) is 17.7. The summed E-state index contributed by atoms with van der Waals surface area (Å²) in [5.74, 6) is 0. The Morgan fingerprint density at radius 2 is 1.67 bits per heavy atom. The number of halogens is 1. The molecule has 2 aromatic rings. The van der Waals surface area contributed by atoms with E-state index in [1.165, 1.54) is 11.1 Å². The Hall–Kier alpha value is -1.04. The number of amides is 1. The first-order valence-corrected chi connectivity index (χ1v) is 10.5. The Kier molecular flexibility index (Phi) is 8.84. The van der Waals surface area contributed by atoms with Crippen LogP contribution in [0.1, 0.15) is 39.2 Å². The fourth-order valence-electron chi connectivity index (χ4n) is 3.81. The molecule has 0 saturated carbocycles. The molecule has 1 fully saturated rings. The minimum atomic E-state index is -0.482. The number of ether oxygens (including phenoxy) is 2. The summed E-state index contributed by atoms with van der Waals surface area (Å²) >= 11 is 6.06. The fourth-order valence-corrected chi connectivity index (χ4v) is 3.93. The molecule has 1 amide bonds. The van der Waals surface area contributed by atoms with Crippen LogP contribution in [0.3, 0.4) is 0 Å². The normalized spacial score (nSPS) is 16.0. The van der Waals surface area contributed by atoms with E-state index < -0.39 is 5.60 Å². The van der Waals surface area contributed by atoms with Crippen molar-refractivity contribution in [2.24, 2.45) is 0 Å². The number of likely N-dealkylation sites (tertiary alicyclic amines) is 1. The van der Waals surface area contributed by atoms with Gasteiger partial charge in [0.15, 0.2) is 0 Å². The average Bonchev–Trinajstić information content (AvgIpc) is 2.68. The van der Waals surface area contributed by atoms with E-state index in [2.05, 4.69) is 24.3 Å². The summed E-state index contributed by atoms with van der Waals surface area (Å²) in [4.78, 5) is 14.2. The van der Waals surface area contributed by atoms with Crippen LogP contribution in [-0.2, 0) is 15.9 Å². The molecule has 1 aliphatic heterocycles. The molecule has 0 aliphatic carbocycles. The fraction of sp³-hybridized carbons (Fsp3) is 0.458. The van der Waals surface area contributed by atoms with E-state index in [1.54, 1.807) is 12.0 Å².